The molecule has 23 heavy (non-hydrogen) atoms. The molecule has 1 aliphatic rings. The van der Waals surface area contributed by atoms with E-state index in [-0.39, 0.29) is 18.3 Å². The second-order valence-electron chi connectivity index (χ2n) is 6.35. The molecule has 1 saturated heterocycles. The molecule has 1 aliphatic heterocycles. The molecule has 0 saturated carbocycles. The van der Waals surface area contributed by atoms with Gasteiger partial charge < -0.3 is 15.4 Å². The number of piperidine rings is 1. The highest BCUT2D eigenvalue weighted by molar-refractivity contribution is 5.85. The smallest absolute Gasteiger partial charge is 0.241 e. The van der Waals surface area contributed by atoms with Crippen LogP contribution in [0.15, 0.2) is 24.3 Å². The van der Waals surface area contributed by atoms with Gasteiger partial charge in [-0.3, -0.25) is 4.79 Å². The van der Waals surface area contributed by atoms with Gasteiger partial charge in [0.1, 0.15) is 6.04 Å². The lowest BCUT2D eigenvalue weighted by Gasteiger charge is -2.33. The summed E-state index contributed by atoms with van der Waals surface area (Å²) in [6.07, 6.45) is 4.49. The van der Waals surface area contributed by atoms with E-state index in [0.29, 0.717) is 12.5 Å². The third-order valence-corrected chi connectivity index (χ3v) is 4.55. The summed E-state index contributed by atoms with van der Waals surface area (Å²) in [6.45, 7) is 4.07. The van der Waals surface area contributed by atoms with E-state index in [9.17, 15) is 4.79 Å². The van der Waals surface area contributed by atoms with Gasteiger partial charge in [0.2, 0.25) is 5.91 Å². The Bertz CT molecular complexity index is 470. The lowest BCUT2D eigenvalue weighted by Crippen LogP contribution is -2.48. The molecule has 1 fully saturated rings. The molecular formula is C18H29ClN2O2. The quantitative estimate of drug-likeness (QED) is 0.865. The molecule has 0 bridgehead atoms. The highest BCUT2D eigenvalue weighted by Gasteiger charge is 2.26. The Morgan fingerprint density at radius 3 is 2.48 bits per heavy atom. The van der Waals surface area contributed by atoms with Crippen molar-refractivity contribution in [2.75, 3.05) is 26.8 Å². The molecule has 2 rings (SSSR count). The van der Waals surface area contributed by atoms with Crippen molar-refractivity contribution in [1.82, 2.24) is 4.90 Å². The number of hydrogen-bond donors (Lipinski definition) is 1. The molecule has 130 valence electrons. The number of hydrogen-bond acceptors (Lipinski definition) is 3. The average molecular weight is 341 g/mol. The van der Waals surface area contributed by atoms with Crippen molar-refractivity contribution in [2.24, 2.45) is 11.7 Å². The Morgan fingerprint density at radius 2 is 1.91 bits per heavy atom. The number of carbonyl (C=O) groups is 1. The molecule has 1 atom stereocenters. The van der Waals surface area contributed by atoms with Crippen molar-refractivity contribution in [3.63, 3.8) is 0 Å². The Kier molecular flexibility index (Phi) is 8.59. The standard InChI is InChI=1S/C18H28N2O2.ClH/c1-14-3-5-15(6-4-14)7-8-16-9-11-20(12-10-16)18(21)17(19)13-22-2;/h3-6,16-17H,7-13,19H2,1-2H3;1H. The largest absolute Gasteiger partial charge is 0.383 e. The van der Waals surface area contributed by atoms with Gasteiger partial charge in [-0.05, 0) is 44.1 Å². The summed E-state index contributed by atoms with van der Waals surface area (Å²) in [6, 6.07) is 8.27. The molecule has 0 aliphatic carbocycles. The molecule has 2 N–H and O–H groups in total. The van der Waals surface area contributed by atoms with Crippen LogP contribution < -0.4 is 5.73 Å². The van der Waals surface area contributed by atoms with Gasteiger partial charge >= 0.3 is 0 Å². The maximum Gasteiger partial charge on any atom is 0.241 e. The van der Waals surface area contributed by atoms with Crippen LogP contribution in [0.3, 0.4) is 0 Å². The van der Waals surface area contributed by atoms with Gasteiger partial charge in [0.15, 0.2) is 0 Å². The van der Waals surface area contributed by atoms with E-state index >= 15 is 0 Å². The summed E-state index contributed by atoms with van der Waals surface area (Å²) >= 11 is 0. The van der Waals surface area contributed by atoms with Gasteiger partial charge in [0, 0.05) is 20.2 Å². The van der Waals surface area contributed by atoms with Crippen molar-refractivity contribution in [3.05, 3.63) is 35.4 Å². The molecule has 1 aromatic carbocycles. The first-order chi connectivity index (χ1) is 10.6. The van der Waals surface area contributed by atoms with Crippen LogP contribution in [0, 0.1) is 12.8 Å². The summed E-state index contributed by atoms with van der Waals surface area (Å²) < 4.78 is 4.96. The fraction of sp³-hybridized carbons (Fsp3) is 0.611. The maximum absolute atomic E-state index is 12.1. The third kappa shape index (κ3) is 6.13. The van der Waals surface area contributed by atoms with E-state index in [1.165, 1.54) is 17.5 Å². The molecule has 1 heterocycles. The number of amides is 1. The second-order valence-corrected chi connectivity index (χ2v) is 6.35. The SMILES string of the molecule is COCC(N)C(=O)N1CCC(CCc2ccc(C)cc2)CC1.Cl. The molecule has 0 aromatic heterocycles. The van der Waals surface area contributed by atoms with Crippen LogP contribution in [-0.4, -0.2) is 43.7 Å². The van der Waals surface area contributed by atoms with Gasteiger partial charge in [-0.15, -0.1) is 12.4 Å². The van der Waals surface area contributed by atoms with E-state index in [1.807, 2.05) is 4.90 Å². The number of halogens is 1. The van der Waals surface area contributed by atoms with E-state index in [2.05, 4.69) is 31.2 Å². The average Bonchev–Trinajstić information content (AvgIpc) is 2.54. The van der Waals surface area contributed by atoms with E-state index < -0.39 is 6.04 Å². The highest BCUT2D eigenvalue weighted by Crippen LogP contribution is 2.23. The predicted octanol–water partition coefficient (Wildman–Crippen LogP) is 2.56. The van der Waals surface area contributed by atoms with E-state index in [4.69, 9.17) is 10.5 Å². The monoisotopic (exact) mass is 340 g/mol. The molecule has 5 heteroatoms. The highest BCUT2D eigenvalue weighted by atomic mass is 35.5. The van der Waals surface area contributed by atoms with Crippen LogP contribution >= 0.6 is 12.4 Å². The molecule has 0 spiro atoms. The van der Waals surface area contributed by atoms with Crippen LogP contribution in [0.5, 0.6) is 0 Å². The van der Waals surface area contributed by atoms with Gasteiger partial charge in [0.25, 0.3) is 0 Å². The van der Waals surface area contributed by atoms with Gasteiger partial charge in [0.05, 0.1) is 6.61 Å². The van der Waals surface area contributed by atoms with Crippen molar-refractivity contribution < 1.29 is 9.53 Å². The van der Waals surface area contributed by atoms with Crippen LogP contribution in [0.25, 0.3) is 0 Å². The predicted molar refractivity (Wildman–Crippen MR) is 95.9 cm³/mol. The minimum absolute atomic E-state index is 0. The minimum Gasteiger partial charge on any atom is -0.383 e. The van der Waals surface area contributed by atoms with Crippen molar-refractivity contribution in [2.45, 2.75) is 38.6 Å². The Labute approximate surface area is 145 Å². The molecule has 1 unspecified atom stereocenters. The summed E-state index contributed by atoms with van der Waals surface area (Å²) in [5.74, 6) is 0.739. The van der Waals surface area contributed by atoms with Crippen molar-refractivity contribution >= 4 is 18.3 Å². The zero-order valence-electron chi connectivity index (χ0n) is 14.2. The fourth-order valence-corrected chi connectivity index (χ4v) is 3.05. The molecule has 1 aromatic rings. The normalized spacial score (nSPS) is 16.7. The summed E-state index contributed by atoms with van der Waals surface area (Å²) in [4.78, 5) is 14.0. The van der Waals surface area contributed by atoms with Gasteiger partial charge in [-0.2, -0.15) is 0 Å². The minimum atomic E-state index is -0.519. The zero-order valence-corrected chi connectivity index (χ0v) is 15.0. The van der Waals surface area contributed by atoms with Gasteiger partial charge in [-0.1, -0.05) is 29.8 Å². The summed E-state index contributed by atoms with van der Waals surface area (Å²) in [5.41, 5.74) is 8.54. The summed E-state index contributed by atoms with van der Waals surface area (Å²) in [5, 5.41) is 0. The summed E-state index contributed by atoms with van der Waals surface area (Å²) in [7, 11) is 1.57. The van der Waals surface area contributed by atoms with E-state index in [1.54, 1.807) is 7.11 Å². The first-order valence-electron chi connectivity index (χ1n) is 8.19. The van der Waals surface area contributed by atoms with E-state index in [0.717, 1.165) is 32.4 Å². The maximum atomic E-state index is 12.1. The topological polar surface area (TPSA) is 55.6 Å². The number of aryl methyl sites for hydroxylation is 2. The van der Waals surface area contributed by atoms with Crippen LogP contribution in [-0.2, 0) is 16.0 Å². The number of likely N-dealkylation sites (tertiary alicyclic amines) is 1. The fourth-order valence-electron chi connectivity index (χ4n) is 3.05. The first-order valence-corrected chi connectivity index (χ1v) is 8.19. The number of methoxy groups -OCH3 is 1. The Balaban J connectivity index is 0.00000264. The Morgan fingerprint density at radius 1 is 1.30 bits per heavy atom. The number of nitrogens with two attached hydrogens (primary N) is 1. The van der Waals surface area contributed by atoms with Gasteiger partial charge in [-0.25, -0.2) is 0 Å². The number of carbonyl (C=O) groups excluding carboxylic acids is 1. The van der Waals surface area contributed by atoms with Crippen molar-refractivity contribution in [1.29, 1.82) is 0 Å². The number of benzene rings is 1. The lowest BCUT2D eigenvalue weighted by atomic mass is 9.90. The number of ether oxygens (including phenoxy) is 1. The van der Waals surface area contributed by atoms with Crippen LogP contribution in [0.4, 0.5) is 0 Å². The second kappa shape index (κ2) is 9.91. The first kappa shape index (κ1) is 19.9. The molecular weight excluding hydrogens is 312 g/mol. The third-order valence-electron chi connectivity index (χ3n) is 4.55. The Hall–Kier alpha value is -1.10. The number of nitrogens with zero attached hydrogens (tertiary/aromatic N) is 1. The van der Waals surface area contributed by atoms with Crippen molar-refractivity contribution in [3.8, 4) is 0 Å². The molecule has 0 radical (unpaired) electrons. The zero-order chi connectivity index (χ0) is 15.9. The van der Waals surface area contributed by atoms with Crippen LogP contribution in [0.1, 0.15) is 30.4 Å². The lowest BCUT2D eigenvalue weighted by molar-refractivity contribution is -0.135. The number of rotatable bonds is 6. The molecule has 1 amide bonds. The molecule has 4 nitrogen and oxygen atoms in total. The van der Waals surface area contributed by atoms with Crippen LogP contribution in [0.2, 0.25) is 0 Å².